The van der Waals surface area contributed by atoms with Crippen molar-refractivity contribution in [3.8, 4) is 0 Å². The van der Waals surface area contributed by atoms with Gasteiger partial charge in [-0.25, -0.2) is 4.79 Å². The normalized spacial score (nSPS) is 15.9. The molecule has 1 aromatic heterocycles. The Labute approximate surface area is 142 Å². The Hall–Kier alpha value is -2.44. The van der Waals surface area contributed by atoms with Gasteiger partial charge in [0, 0.05) is 38.6 Å². The van der Waals surface area contributed by atoms with E-state index in [1.807, 2.05) is 12.1 Å². The molecule has 0 aromatic carbocycles. The van der Waals surface area contributed by atoms with Crippen molar-refractivity contribution in [2.75, 3.05) is 33.3 Å². The molecule has 7 nitrogen and oxygen atoms in total. The molecule has 132 valence electrons. The average molecular weight is 334 g/mol. The summed E-state index contributed by atoms with van der Waals surface area (Å²) in [6.07, 6.45) is 5.69. The van der Waals surface area contributed by atoms with E-state index in [4.69, 9.17) is 9.15 Å². The van der Waals surface area contributed by atoms with Gasteiger partial charge in [-0.15, -0.1) is 6.58 Å². The number of methoxy groups -OCH3 is 1. The molecule has 0 saturated carbocycles. The van der Waals surface area contributed by atoms with Gasteiger partial charge in [0.2, 0.25) is 0 Å². The summed E-state index contributed by atoms with van der Waals surface area (Å²) in [6, 6.07) is 4.11. The second-order valence-electron chi connectivity index (χ2n) is 5.60. The van der Waals surface area contributed by atoms with Crippen molar-refractivity contribution in [1.82, 2.24) is 15.5 Å². The lowest BCUT2D eigenvalue weighted by atomic mass is 10.1. The van der Waals surface area contributed by atoms with Crippen molar-refractivity contribution < 1.29 is 13.9 Å². The third-order valence-corrected chi connectivity index (χ3v) is 3.89. The van der Waals surface area contributed by atoms with Crippen LogP contribution >= 0.6 is 0 Å². The van der Waals surface area contributed by atoms with Crippen LogP contribution in [0.5, 0.6) is 0 Å². The van der Waals surface area contributed by atoms with Gasteiger partial charge in [-0.05, 0) is 25.0 Å². The van der Waals surface area contributed by atoms with Crippen LogP contribution in [0.1, 0.15) is 18.6 Å². The van der Waals surface area contributed by atoms with Crippen molar-refractivity contribution in [2.45, 2.75) is 25.3 Å². The third-order valence-electron chi connectivity index (χ3n) is 3.89. The van der Waals surface area contributed by atoms with Crippen LogP contribution < -0.4 is 10.6 Å². The Kier molecular flexibility index (Phi) is 7.20. The SMILES string of the molecule is C=CCNC(=NCCc1ccco1)NC1CCN(C(=O)OC)CC1. The molecule has 2 N–H and O–H groups in total. The predicted octanol–water partition coefficient (Wildman–Crippen LogP) is 1.77. The minimum Gasteiger partial charge on any atom is -0.469 e. The minimum atomic E-state index is -0.259. The lowest BCUT2D eigenvalue weighted by molar-refractivity contribution is 0.111. The van der Waals surface area contributed by atoms with Crippen LogP contribution in [0, 0.1) is 0 Å². The minimum absolute atomic E-state index is 0.259. The fourth-order valence-corrected chi connectivity index (χ4v) is 2.58. The molecule has 2 heterocycles. The van der Waals surface area contributed by atoms with E-state index < -0.39 is 0 Å². The van der Waals surface area contributed by atoms with Crippen LogP contribution in [0.4, 0.5) is 4.79 Å². The molecule has 24 heavy (non-hydrogen) atoms. The van der Waals surface area contributed by atoms with Gasteiger partial charge in [0.25, 0.3) is 0 Å². The Balaban J connectivity index is 1.82. The highest BCUT2D eigenvalue weighted by Crippen LogP contribution is 2.11. The molecule has 2 rings (SSSR count). The number of rotatable bonds is 6. The Morgan fingerprint density at radius 1 is 1.54 bits per heavy atom. The molecule has 0 unspecified atom stereocenters. The summed E-state index contributed by atoms with van der Waals surface area (Å²) in [4.78, 5) is 17.8. The van der Waals surface area contributed by atoms with E-state index in [9.17, 15) is 4.79 Å². The van der Waals surface area contributed by atoms with Crippen molar-refractivity contribution >= 4 is 12.1 Å². The summed E-state index contributed by atoms with van der Waals surface area (Å²) in [5.74, 6) is 1.69. The number of nitrogens with zero attached hydrogens (tertiary/aromatic N) is 2. The lowest BCUT2D eigenvalue weighted by Crippen LogP contribution is -2.49. The first-order valence-electron chi connectivity index (χ1n) is 8.24. The Morgan fingerprint density at radius 3 is 2.96 bits per heavy atom. The molecular weight excluding hydrogens is 308 g/mol. The summed E-state index contributed by atoms with van der Waals surface area (Å²) < 4.78 is 10.1. The molecule has 1 aliphatic rings. The maximum absolute atomic E-state index is 11.5. The van der Waals surface area contributed by atoms with Gasteiger partial charge in [0.15, 0.2) is 5.96 Å². The smallest absolute Gasteiger partial charge is 0.409 e. The molecule has 1 aromatic rings. The van der Waals surface area contributed by atoms with Crippen LogP contribution in [-0.4, -0.2) is 56.3 Å². The molecule has 1 aliphatic heterocycles. The second-order valence-corrected chi connectivity index (χ2v) is 5.60. The van der Waals surface area contributed by atoms with Gasteiger partial charge in [-0.3, -0.25) is 4.99 Å². The standard InChI is InChI=1S/C17H26N4O3/c1-3-9-18-16(19-10-6-15-5-4-13-24-15)20-14-7-11-21(12-8-14)17(22)23-2/h3-5,13-14H,1,6-12H2,2H3,(H2,18,19,20). The largest absolute Gasteiger partial charge is 0.469 e. The number of aliphatic imine (C=N–C) groups is 1. The van der Waals surface area contributed by atoms with Crippen molar-refractivity contribution in [1.29, 1.82) is 0 Å². The zero-order valence-electron chi connectivity index (χ0n) is 14.2. The topological polar surface area (TPSA) is 79.1 Å². The number of ether oxygens (including phenoxy) is 1. The van der Waals surface area contributed by atoms with E-state index in [1.165, 1.54) is 7.11 Å². The monoisotopic (exact) mass is 334 g/mol. The van der Waals surface area contributed by atoms with E-state index in [0.717, 1.165) is 31.0 Å². The zero-order valence-corrected chi connectivity index (χ0v) is 14.2. The molecule has 1 amide bonds. The van der Waals surface area contributed by atoms with E-state index in [2.05, 4.69) is 22.2 Å². The third kappa shape index (κ3) is 5.64. The van der Waals surface area contributed by atoms with Gasteiger partial charge >= 0.3 is 6.09 Å². The van der Waals surface area contributed by atoms with Crippen molar-refractivity contribution in [3.05, 3.63) is 36.8 Å². The number of carbonyl (C=O) groups excluding carboxylic acids is 1. The number of amides is 1. The highest BCUT2D eigenvalue weighted by atomic mass is 16.5. The quantitative estimate of drug-likeness (QED) is 0.471. The van der Waals surface area contributed by atoms with E-state index in [-0.39, 0.29) is 12.1 Å². The summed E-state index contributed by atoms with van der Waals surface area (Å²) in [7, 11) is 1.41. The summed E-state index contributed by atoms with van der Waals surface area (Å²) >= 11 is 0. The molecule has 0 aliphatic carbocycles. The summed E-state index contributed by atoms with van der Waals surface area (Å²) in [5, 5.41) is 6.66. The van der Waals surface area contributed by atoms with Gasteiger partial charge in [0.05, 0.1) is 13.4 Å². The Bertz CT molecular complexity index is 534. The summed E-state index contributed by atoms with van der Waals surface area (Å²) in [6.45, 7) is 6.38. The van der Waals surface area contributed by atoms with E-state index >= 15 is 0 Å². The number of hydrogen-bond donors (Lipinski definition) is 2. The van der Waals surface area contributed by atoms with Gasteiger partial charge in [-0.1, -0.05) is 6.08 Å². The van der Waals surface area contributed by atoms with Crippen LogP contribution in [0.3, 0.4) is 0 Å². The van der Waals surface area contributed by atoms with Gasteiger partial charge in [0.1, 0.15) is 5.76 Å². The number of hydrogen-bond acceptors (Lipinski definition) is 4. The number of likely N-dealkylation sites (tertiary alicyclic amines) is 1. The summed E-state index contributed by atoms with van der Waals surface area (Å²) in [5.41, 5.74) is 0. The first kappa shape index (κ1) is 17.9. The van der Waals surface area contributed by atoms with Gasteiger partial charge < -0.3 is 24.7 Å². The molecule has 1 fully saturated rings. The molecule has 1 saturated heterocycles. The van der Waals surface area contributed by atoms with E-state index in [1.54, 1.807) is 17.2 Å². The van der Waals surface area contributed by atoms with Gasteiger partial charge in [-0.2, -0.15) is 0 Å². The maximum Gasteiger partial charge on any atom is 0.409 e. The fourth-order valence-electron chi connectivity index (χ4n) is 2.58. The molecular formula is C17H26N4O3. The van der Waals surface area contributed by atoms with Crippen LogP contribution in [-0.2, 0) is 11.2 Å². The predicted molar refractivity (Wildman–Crippen MR) is 93.0 cm³/mol. The first-order valence-corrected chi connectivity index (χ1v) is 8.24. The van der Waals surface area contributed by atoms with Crippen molar-refractivity contribution in [2.24, 2.45) is 4.99 Å². The van der Waals surface area contributed by atoms with Crippen LogP contribution in [0.15, 0.2) is 40.5 Å². The maximum atomic E-state index is 11.5. The molecule has 0 atom stereocenters. The average Bonchev–Trinajstić information content (AvgIpc) is 3.13. The second kappa shape index (κ2) is 9.64. The number of nitrogens with one attached hydrogen (secondary N) is 2. The highest BCUT2D eigenvalue weighted by Gasteiger charge is 2.23. The van der Waals surface area contributed by atoms with Crippen LogP contribution in [0.2, 0.25) is 0 Å². The lowest BCUT2D eigenvalue weighted by Gasteiger charge is -2.32. The highest BCUT2D eigenvalue weighted by molar-refractivity contribution is 5.80. The molecule has 7 heteroatoms. The Morgan fingerprint density at radius 2 is 2.33 bits per heavy atom. The molecule has 0 spiro atoms. The number of carbonyl (C=O) groups is 1. The molecule has 0 bridgehead atoms. The molecule has 0 radical (unpaired) electrons. The number of piperidine rings is 1. The van der Waals surface area contributed by atoms with Crippen molar-refractivity contribution in [3.63, 3.8) is 0 Å². The fraction of sp³-hybridized carbons (Fsp3) is 0.529. The zero-order chi connectivity index (χ0) is 17.2. The van der Waals surface area contributed by atoms with E-state index in [0.29, 0.717) is 26.2 Å². The number of guanidine groups is 1. The van der Waals surface area contributed by atoms with Crippen LogP contribution in [0.25, 0.3) is 0 Å². The first-order chi connectivity index (χ1) is 11.7. The number of furan rings is 1.